The van der Waals surface area contributed by atoms with E-state index in [2.05, 4.69) is 16.0 Å². The summed E-state index contributed by atoms with van der Waals surface area (Å²) in [6, 6.07) is 6.21. The van der Waals surface area contributed by atoms with Gasteiger partial charge in [-0.05, 0) is 37.2 Å². The lowest BCUT2D eigenvalue weighted by Gasteiger charge is -2.21. The van der Waals surface area contributed by atoms with E-state index in [4.69, 9.17) is 4.74 Å². The highest BCUT2D eigenvalue weighted by molar-refractivity contribution is 5.97. The number of ether oxygens (including phenoxy) is 1. The molecule has 0 spiro atoms. The van der Waals surface area contributed by atoms with E-state index in [0.717, 1.165) is 0 Å². The Morgan fingerprint density at radius 1 is 1.13 bits per heavy atom. The fraction of sp³-hybridized carbons (Fsp3) is 0.500. The minimum absolute atomic E-state index is 0. The molecule has 0 saturated carbocycles. The fourth-order valence-corrected chi connectivity index (χ4v) is 1.92. The van der Waals surface area contributed by atoms with Crippen molar-refractivity contribution in [1.29, 1.82) is 0 Å². The lowest BCUT2D eigenvalue weighted by Crippen LogP contribution is -2.50. The van der Waals surface area contributed by atoms with Crippen LogP contribution in [0.4, 0.5) is 0 Å². The Morgan fingerprint density at radius 2 is 1.74 bits per heavy atom. The van der Waals surface area contributed by atoms with Crippen LogP contribution < -0.4 is 20.7 Å². The van der Waals surface area contributed by atoms with Gasteiger partial charge in [0.15, 0.2) is 0 Å². The molecule has 3 N–H and O–H groups in total. The Morgan fingerprint density at radius 3 is 2.22 bits per heavy atom. The second kappa shape index (κ2) is 10.9. The lowest BCUT2D eigenvalue weighted by atomic mass is 10.0. The molecule has 0 aliphatic rings. The predicted octanol–water partition coefficient (Wildman–Crippen LogP) is 1.21. The van der Waals surface area contributed by atoms with Gasteiger partial charge in [0.25, 0.3) is 5.91 Å². The van der Waals surface area contributed by atoms with Crippen molar-refractivity contribution in [2.24, 2.45) is 5.92 Å². The first-order valence-corrected chi connectivity index (χ1v) is 7.36. The molecular formula is C16H26ClN3O3. The normalized spacial score (nSPS) is 11.3. The number of methoxy groups -OCH3 is 1. The predicted molar refractivity (Wildman–Crippen MR) is 93.3 cm³/mol. The number of amides is 2. The van der Waals surface area contributed by atoms with Gasteiger partial charge >= 0.3 is 0 Å². The van der Waals surface area contributed by atoms with E-state index in [-0.39, 0.29) is 30.1 Å². The third-order valence-electron chi connectivity index (χ3n) is 3.26. The fourth-order valence-electron chi connectivity index (χ4n) is 1.92. The number of benzene rings is 1. The number of hydrogen-bond acceptors (Lipinski definition) is 4. The van der Waals surface area contributed by atoms with E-state index in [1.807, 2.05) is 20.9 Å². The molecule has 0 fully saturated rings. The van der Waals surface area contributed by atoms with Crippen LogP contribution in [-0.4, -0.2) is 45.1 Å². The van der Waals surface area contributed by atoms with Gasteiger partial charge in [0.1, 0.15) is 11.8 Å². The van der Waals surface area contributed by atoms with Crippen molar-refractivity contribution in [3.05, 3.63) is 29.8 Å². The first kappa shape index (κ1) is 21.2. The molecule has 1 aromatic carbocycles. The second-order valence-corrected chi connectivity index (χ2v) is 5.32. The molecule has 2 amide bonds. The Bertz CT molecular complexity index is 492. The number of carbonyl (C=O) groups excluding carboxylic acids is 2. The Hall–Kier alpha value is -1.79. The first-order chi connectivity index (χ1) is 10.5. The zero-order valence-electron chi connectivity index (χ0n) is 14.0. The van der Waals surface area contributed by atoms with Gasteiger partial charge in [0.2, 0.25) is 5.91 Å². The lowest BCUT2D eigenvalue weighted by molar-refractivity contribution is -0.123. The highest BCUT2D eigenvalue weighted by Crippen LogP contribution is 2.12. The molecule has 23 heavy (non-hydrogen) atoms. The van der Waals surface area contributed by atoms with Gasteiger partial charge in [-0.25, -0.2) is 0 Å². The minimum atomic E-state index is -0.563. The van der Waals surface area contributed by atoms with Crippen LogP contribution in [0.5, 0.6) is 5.75 Å². The molecule has 1 atom stereocenters. The summed E-state index contributed by atoms with van der Waals surface area (Å²) in [5, 5.41) is 8.54. The highest BCUT2D eigenvalue weighted by atomic mass is 35.5. The van der Waals surface area contributed by atoms with E-state index in [9.17, 15) is 9.59 Å². The smallest absolute Gasteiger partial charge is 0.251 e. The molecule has 1 aromatic rings. The molecule has 0 aliphatic carbocycles. The SMILES string of the molecule is CNCCNC(=O)C(NC(=O)c1ccc(OC)cc1)C(C)C.Cl. The third kappa shape index (κ3) is 6.88. The zero-order valence-corrected chi connectivity index (χ0v) is 14.8. The van der Waals surface area contributed by atoms with Crippen LogP contribution in [0.1, 0.15) is 24.2 Å². The van der Waals surface area contributed by atoms with E-state index in [1.165, 1.54) is 0 Å². The molecule has 130 valence electrons. The summed E-state index contributed by atoms with van der Waals surface area (Å²) in [5.74, 6) is 0.232. The number of hydrogen-bond donors (Lipinski definition) is 3. The average Bonchev–Trinajstić information content (AvgIpc) is 2.52. The van der Waals surface area contributed by atoms with Crippen molar-refractivity contribution in [2.45, 2.75) is 19.9 Å². The van der Waals surface area contributed by atoms with Gasteiger partial charge in [-0.1, -0.05) is 13.8 Å². The number of rotatable bonds is 8. The summed E-state index contributed by atoms with van der Waals surface area (Å²) in [7, 11) is 3.39. The molecule has 0 heterocycles. The molecule has 0 aromatic heterocycles. The van der Waals surface area contributed by atoms with E-state index >= 15 is 0 Å². The van der Waals surface area contributed by atoms with Crippen molar-refractivity contribution < 1.29 is 14.3 Å². The van der Waals surface area contributed by atoms with Crippen LogP contribution in [0.15, 0.2) is 24.3 Å². The first-order valence-electron chi connectivity index (χ1n) is 7.36. The van der Waals surface area contributed by atoms with Crippen molar-refractivity contribution in [1.82, 2.24) is 16.0 Å². The Labute approximate surface area is 143 Å². The molecule has 6 nitrogen and oxygen atoms in total. The molecule has 7 heteroatoms. The molecule has 0 saturated heterocycles. The summed E-state index contributed by atoms with van der Waals surface area (Å²) in [6.45, 7) is 5.01. The maximum absolute atomic E-state index is 12.2. The quantitative estimate of drug-likeness (QED) is 0.620. The van der Waals surface area contributed by atoms with Crippen molar-refractivity contribution >= 4 is 24.2 Å². The van der Waals surface area contributed by atoms with Crippen LogP contribution in [0.25, 0.3) is 0 Å². The van der Waals surface area contributed by atoms with Crippen LogP contribution in [0, 0.1) is 5.92 Å². The average molecular weight is 344 g/mol. The number of nitrogens with one attached hydrogen (secondary N) is 3. The van der Waals surface area contributed by atoms with Crippen LogP contribution in [0.3, 0.4) is 0 Å². The van der Waals surface area contributed by atoms with E-state index in [0.29, 0.717) is 24.4 Å². The highest BCUT2D eigenvalue weighted by Gasteiger charge is 2.24. The molecule has 0 bridgehead atoms. The molecule has 1 unspecified atom stereocenters. The standard InChI is InChI=1S/C16H25N3O3.ClH/c1-11(2)14(16(21)18-10-9-17-3)19-15(20)12-5-7-13(22-4)8-6-12;/h5-8,11,14,17H,9-10H2,1-4H3,(H,18,21)(H,19,20);1H. The summed E-state index contributed by atoms with van der Waals surface area (Å²) < 4.78 is 5.06. The number of likely N-dealkylation sites (N-methyl/N-ethyl adjacent to an activating group) is 1. The summed E-state index contributed by atoms with van der Waals surface area (Å²) in [4.78, 5) is 24.4. The van der Waals surface area contributed by atoms with Gasteiger partial charge in [-0.15, -0.1) is 12.4 Å². The Balaban J connectivity index is 0.00000484. The van der Waals surface area contributed by atoms with Crippen LogP contribution in [0.2, 0.25) is 0 Å². The van der Waals surface area contributed by atoms with Crippen molar-refractivity contribution in [2.75, 3.05) is 27.2 Å². The zero-order chi connectivity index (χ0) is 16.5. The van der Waals surface area contributed by atoms with Gasteiger partial charge in [-0.2, -0.15) is 0 Å². The summed E-state index contributed by atoms with van der Waals surface area (Å²) >= 11 is 0. The molecule has 0 aliphatic heterocycles. The summed E-state index contributed by atoms with van der Waals surface area (Å²) in [5.41, 5.74) is 0.495. The van der Waals surface area contributed by atoms with E-state index in [1.54, 1.807) is 31.4 Å². The minimum Gasteiger partial charge on any atom is -0.497 e. The maximum atomic E-state index is 12.2. The topological polar surface area (TPSA) is 79.5 Å². The largest absolute Gasteiger partial charge is 0.497 e. The summed E-state index contributed by atoms with van der Waals surface area (Å²) in [6.07, 6.45) is 0. The van der Waals surface area contributed by atoms with E-state index < -0.39 is 6.04 Å². The molecule has 0 radical (unpaired) electrons. The Kier molecular flexibility index (Phi) is 10.0. The van der Waals surface area contributed by atoms with Gasteiger partial charge in [0.05, 0.1) is 7.11 Å². The van der Waals surface area contributed by atoms with Gasteiger partial charge in [0, 0.05) is 18.7 Å². The van der Waals surface area contributed by atoms with Crippen molar-refractivity contribution in [3.63, 3.8) is 0 Å². The number of halogens is 1. The number of carbonyl (C=O) groups is 2. The monoisotopic (exact) mass is 343 g/mol. The maximum Gasteiger partial charge on any atom is 0.251 e. The van der Waals surface area contributed by atoms with Gasteiger partial charge in [-0.3, -0.25) is 9.59 Å². The molecular weight excluding hydrogens is 318 g/mol. The van der Waals surface area contributed by atoms with Gasteiger partial charge < -0.3 is 20.7 Å². The van der Waals surface area contributed by atoms with Crippen molar-refractivity contribution in [3.8, 4) is 5.75 Å². The third-order valence-corrected chi connectivity index (χ3v) is 3.26. The molecule has 1 rings (SSSR count). The van der Waals surface area contributed by atoms with Crippen LogP contribution >= 0.6 is 12.4 Å². The second-order valence-electron chi connectivity index (χ2n) is 5.32. The van der Waals surface area contributed by atoms with Crippen LogP contribution in [-0.2, 0) is 4.79 Å².